The number of hydrogen-bond donors (Lipinski definition) is 0. The van der Waals surface area contributed by atoms with Crippen LogP contribution in [-0.2, 0) is 11.3 Å². The Morgan fingerprint density at radius 1 is 1.19 bits per heavy atom. The number of ether oxygens (including phenoxy) is 2. The van der Waals surface area contributed by atoms with E-state index in [-0.39, 0.29) is 18.2 Å². The fraction of sp³-hybridized carbons (Fsp3) is 0.667. The molecular formula is C24H36N4O4. The molecule has 8 heteroatoms. The van der Waals surface area contributed by atoms with Crippen molar-refractivity contribution in [1.82, 2.24) is 14.7 Å². The van der Waals surface area contributed by atoms with E-state index in [4.69, 9.17) is 9.47 Å². The second kappa shape index (κ2) is 8.46. The normalized spacial score (nSPS) is 21.3. The molecule has 1 aromatic carbocycles. The van der Waals surface area contributed by atoms with Crippen LogP contribution in [0.2, 0.25) is 0 Å². The zero-order valence-corrected chi connectivity index (χ0v) is 20.2. The Kier molecular flexibility index (Phi) is 6.00. The minimum atomic E-state index is -0.566. The monoisotopic (exact) mass is 444 g/mol. The summed E-state index contributed by atoms with van der Waals surface area (Å²) >= 11 is 0. The molecule has 3 aliphatic rings. The topological polar surface area (TPSA) is 65.6 Å². The molecule has 1 aliphatic carbocycles. The van der Waals surface area contributed by atoms with E-state index in [2.05, 4.69) is 4.90 Å². The summed E-state index contributed by atoms with van der Waals surface area (Å²) in [5, 5.41) is 0. The Bertz CT molecular complexity index is 891. The molecule has 176 valence electrons. The lowest BCUT2D eigenvalue weighted by atomic mass is 10.0. The number of benzene rings is 1. The van der Waals surface area contributed by atoms with E-state index in [9.17, 15) is 9.59 Å². The van der Waals surface area contributed by atoms with E-state index < -0.39 is 5.60 Å². The molecule has 2 fully saturated rings. The molecule has 1 aromatic rings. The lowest BCUT2D eigenvalue weighted by molar-refractivity contribution is 0.0150. The molecular weight excluding hydrogens is 408 g/mol. The van der Waals surface area contributed by atoms with E-state index in [1.165, 1.54) is 0 Å². The zero-order chi connectivity index (χ0) is 23.2. The van der Waals surface area contributed by atoms with Crippen molar-refractivity contribution in [2.75, 3.05) is 45.7 Å². The smallest absolute Gasteiger partial charge is 0.411 e. The first-order valence-electron chi connectivity index (χ1n) is 11.5. The number of likely N-dealkylation sites (N-methyl/N-ethyl adjacent to an activating group) is 1. The summed E-state index contributed by atoms with van der Waals surface area (Å²) < 4.78 is 11.5. The van der Waals surface area contributed by atoms with Gasteiger partial charge in [-0.1, -0.05) is 0 Å². The van der Waals surface area contributed by atoms with Gasteiger partial charge in [-0.15, -0.1) is 0 Å². The van der Waals surface area contributed by atoms with Gasteiger partial charge in [-0.2, -0.15) is 0 Å². The van der Waals surface area contributed by atoms with Crippen LogP contribution in [0.1, 0.15) is 57.2 Å². The maximum absolute atomic E-state index is 13.2. The van der Waals surface area contributed by atoms with E-state index >= 15 is 0 Å². The number of rotatable bonds is 5. The van der Waals surface area contributed by atoms with Crippen LogP contribution in [0.4, 0.5) is 15.3 Å². The Balaban J connectivity index is 1.67. The Morgan fingerprint density at radius 3 is 2.50 bits per heavy atom. The Labute approximate surface area is 191 Å². The van der Waals surface area contributed by atoms with Gasteiger partial charge in [0.15, 0.2) is 0 Å². The van der Waals surface area contributed by atoms with Gasteiger partial charge in [-0.3, -0.25) is 9.80 Å². The predicted octanol–water partition coefficient (Wildman–Crippen LogP) is 3.84. The number of methoxy groups -OCH3 is 1. The van der Waals surface area contributed by atoms with Gasteiger partial charge in [0.25, 0.3) is 0 Å². The van der Waals surface area contributed by atoms with E-state index in [1.807, 2.05) is 56.8 Å². The summed E-state index contributed by atoms with van der Waals surface area (Å²) in [5.74, 6) is 0.671. The van der Waals surface area contributed by atoms with Crippen molar-refractivity contribution < 1.29 is 19.1 Å². The number of amides is 3. The summed E-state index contributed by atoms with van der Waals surface area (Å²) in [6.45, 7) is 8.26. The van der Waals surface area contributed by atoms with E-state index in [1.54, 1.807) is 12.0 Å². The number of fused-ring (bicyclic) bond motifs is 1. The molecule has 2 heterocycles. The number of carbonyl (C=O) groups excluding carboxylic acids is 2. The molecule has 8 nitrogen and oxygen atoms in total. The minimum absolute atomic E-state index is 0.0591. The van der Waals surface area contributed by atoms with Crippen LogP contribution in [0.25, 0.3) is 0 Å². The molecule has 1 saturated heterocycles. The highest BCUT2D eigenvalue weighted by Gasteiger charge is 2.41. The van der Waals surface area contributed by atoms with Crippen molar-refractivity contribution in [3.63, 3.8) is 0 Å². The van der Waals surface area contributed by atoms with Crippen molar-refractivity contribution >= 4 is 17.8 Å². The number of anilines is 1. The Hall–Kier alpha value is -2.48. The van der Waals surface area contributed by atoms with Crippen LogP contribution in [0, 0.1) is 0 Å². The lowest BCUT2D eigenvalue weighted by Crippen LogP contribution is -2.50. The fourth-order valence-electron chi connectivity index (χ4n) is 4.66. The second-order valence-electron chi connectivity index (χ2n) is 10.3. The van der Waals surface area contributed by atoms with Gasteiger partial charge in [-0.05, 0) is 77.4 Å². The number of hydrogen-bond acceptors (Lipinski definition) is 5. The highest BCUT2D eigenvalue weighted by atomic mass is 16.6. The minimum Gasteiger partial charge on any atom is -0.495 e. The van der Waals surface area contributed by atoms with Crippen molar-refractivity contribution in [3.8, 4) is 5.75 Å². The average molecular weight is 445 g/mol. The molecule has 1 saturated carbocycles. The van der Waals surface area contributed by atoms with Crippen LogP contribution in [0.15, 0.2) is 12.1 Å². The van der Waals surface area contributed by atoms with Gasteiger partial charge in [0.05, 0.1) is 25.4 Å². The highest BCUT2D eigenvalue weighted by molar-refractivity contribution is 5.95. The second-order valence-corrected chi connectivity index (χ2v) is 10.3. The van der Waals surface area contributed by atoms with E-state index in [0.29, 0.717) is 31.4 Å². The Morgan fingerprint density at radius 2 is 1.91 bits per heavy atom. The predicted molar refractivity (Wildman–Crippen MR) is 123 cm³/mol. The molecule has 3 amide bonds. The molecule has 0 radical (unpaired) electrons. The third kappa shape index (κ3) is 4.51. The molecule has 0 bridgehead atoms. The first-order chi connectivity index (χ1) is 15.1. The maximum Gasteiger partial charge on any atom is 0.411 e. The fourth-order valence-corrected chi connectivity index (χ4v) is 4.66. The SMILES string of the molecule is COc1cc2c(cc1N1CCCN(C3CC3)C1=O)CN(C(=O)OC(C)(C)C)C2CN(C)C. The quantitative estimate of drug-likeness (QED) is 0.690. The summed E-state index contributed by atoms with van der Waals surface area (Å²) in [4.78, 5) is 33.9. The molecule has 2 aliphatic heterocycles. The summed E-state index contributed by atoms with van der Waals surface area (Å²) in [6.07, 6.45) is 2.81. The summed E-state index contributed by atoms with van der Waals surface area (Å²) in [7, 11) is 5.63. The average Bonchev–Trinajstić information content (AvgIpc) is 3.48. The molecule has 0 aromatic heterocycles. The first kappa shape index (κ1) is 22.7. The van der Waals surface area contributed by atoms with Crippen LogP contribution in [0.3, 0.4) is 0 Å². The number of carbonyl (C=O) groups is 2. The van der Waals surface area contributed by atoms with Crippen molar-refractivity contribution in [3.05, 3.63) is 23.3 Å². The van der Waals surface area contributed by atoms with Gasteiger partial charge in [0.1, 0.15) is 11.4 Å². The number of urea groups is 1. The summed E-state index contributed by atoms with van der Waals surface area (Å²) in [6, 6.07) is 4.35. The van der Waals surface area contributed by atoms with Crippen LogP contribution >= 0.6 is 0 Å². The molecule has 0 spiro atoms. The van der Waals surface area contributed by atoms with Gasteiger partial charge in [0.2, 0.25) is 0 Å². The van der Waals surface area contributed by atoms with Crippen molar-refractivity contribution in [2.24, 2.45) is 0 Å². The molecule has 4 rings (SSSR count). The van der Waals surface area contributed by atoms with Gasteiger partial charge >= 0.3 is 12.1 Å². The van der Waals surface area contributed by atoms with E-state index in [0.717, 1.165) is 42.6 Å². The molecule has 0 N–H and O–H groups in total. The van der Waals surface area contributed by atoms with Crippen LogP contribution in [0.5, 0.6) is 5.75 Å². The third-order valence-corrected chi connectivity index (χ3v) is 6.22. The van der Waals surface area contributed by atoms with Crippen LogP contribution < -0.4 is 9.64 Å². The van der Waals surface area contributed by atoms with Gasteiger partial charge in [0, 0.05) is 25.7 Å². The third-order valence-electron chi connectivity index (χ3n) is 6.22. The molecule has 32 heavy (non-hydrogen) atoms. The summed E-state index contributed by atoms with van der Waals surface area (Å²) in [5.41, 5.74) is 2.31. The number of nitrogens with zero attached hydrogens (tertiary/aromatic N) is 4. The van der Waals surface area contributed by atoms with Gasteiger partial charge < -0.3 is 19.3 Å². The highest BCUT2D eigenvalue weighted by Crippen LogP contribution is 2.43. The lowest BCUT2D eigenvalue weighted by Gasteiger charge is -2.36. The first-order valence-corrected chi connectivity index (χ1v) is 11.5. The zero-order valence-electron chi connectivity index (χ0n) is 20.2. The molecule has 1 unspecified atom stereocenters. The van der Waals surface area contributed by atoms with Gasteiger partial charge in [-0.25, -0.2) is 9.59 Å². The van der Waals surface area contributed by atoms with Crippen molar-refractivity contribution in [1.29, 1.82) is 0 Å². The maximum atomic E-state index is 13.2. The van der Waals surface area contributed by atoms with Crippen LogP contribution in [-0.4, -0.2) is 79.3 Å². The largest absolute Gasteiger partial charge is 0.495 e. The molecule has 1 atom stereocenters. The van der Waals surface area contributed by atoms with Crippen molar-refractivity contribution in [2.45, 2.75) is 64.3 Å². The standard InChI is InChI=1S/C24H36N4O4/c1-24(2,3)32-23(30)28-14-16-12-19(21(31-6)13-18(16)20(28)15-25(4)5)27-11-7-10-26(22(27)29)17-8-9-17/h12-13,17,20H,7-11,14-15H2,1-6H3.